The molecule has 2 unspecified atom stereocenters. The van der Waals surface area contributed by atoms with Gasteiger partial charge in [-0.2, -0.15) is 0 Å². The number of hydrogen-bond acceptors (Lipinski definition) is 2. The van der Waals surface area contributed by atoms with E-state index in [9.17, 15) is 0 Å². The van der Waals surface area contributed by atoms with Crippen molar-refractivity contribution in [2.45, 2.75) is 19.0 Å². The molecule has 1 aromatic heterocycles. The van der Waals surface area contributed by atoms with Gasteiger partial charge >= 0.3 is 0 Å². The maximum Gasteiger partial charge on any atom is 0.104 e. The molecule has 0 radical (unpaired) electrons. The molecular formula is C21H19NS. The fourth-order valence-corrected chi connectivity index (χ4v) is 3.17. The highest BCUT2D eigenvalue weighted by molar-refractivity contribution is 7.10. The lowest BCUT2D eigenvalue weighted by Gasteiger charge is -2.18. The molecule has 1 heterocycles. The van der Waals surface area contributed by atoms with E-state index < -0.39 is 0 Å². The Labute approximate surface area is 142 Å². The van der Waals surface area contributed by atoms with Gasteiger partial charge in [0, 0.05) is 10.9 Å². The second kappa shape index (κ2) is 7.28. The molecule has 1 nitrogen and oxygen atoms in total. The lowest BCUT2D eigenvalue weighted by atomic mass is 10.1. The quantitative estimate of drug-likeness (QED) is 0.494. The zero-order chi connectivity index (χ0) is 16.1. The molecule has 2 aromatic rings. The first-order valence-corrected chi connectivity index (χ1v) is 8.57. The smallest absolute Gasteiger partial charge is 0.104 e. The van der Waals surface area contributed by atoms with Gasteiger partial charge < -0.3 is 0 Å². The molecule has 0 amide bonds. The van der Waals surface area contributed by atoms with Gasteiger partial charge in [-0.25, -0.2) is 0 Å². The summed E-state index contributed by atoms with van der Waals surface area (Å²) < 4.78 is 0. The van der Waals surface area contributed by atoms with Crippen molar-refractivity contribution >= 4 is 11.3 Å². The Kier molecular flexibility index (Phi) is 4.92. The summed E-state index contributed by atoms with van der Waals surface area (Å²) in [5.41, 5.74) is 4.11. The molecule has 0 saturated carbocycles. The van der Waals surface area contributed by atoms with Gasteiger partial charge in [-0.15, -0.1) is 17.8 Å². The molecule has 0 aliphatic heterocycles. The Morgan fingerprint density at radius 3 is 2.17 bits per heavy atom. The van der Waals surface area contributed by atoms with Crippen LogP contribution in [0.3, 0.4) is 0 Å². The Morgan fingerprint density at radius 1 is 0.957 bits per heavy atom. The van der Waals surface area contributed by atoms with Crippen molar-refractivity contribution in [3.05, 3.63) is 82.6 Å². The van der Waals surface area contributed by atoms with Gasteiger partial charge in [0.2, 0.25) is 0 Å². The summed E-state index contributed by atoms with van der Waals surface area (Å²) in [5, 5.41) is 5.51. The largest absolute Gasteiger partial charge is 0.293 e. The molecule has 1 N–H and O–H groups in total. The molecule has 114 valence electrons. The molecule has 0 fully saturated rings. The van der Waals surface area contributed by atoms with Gasteiger partial charge in [0.25, 0.3) is 0 Å². The Morgan fingerprint density at radius 2 is 1.70 bits per heavy atom. The number of rotatable bonds is 4. The summed E-state index contributed by atoms with van der Waals surface area (Å²) in [6, 6.07) is 23.2. The van der Waals surface area contributed by atoms with Crippen LogP contribution in [0.4, 0.5) is 0 Å². The second-order valence-electron chi connectivity index (χ2n) is 5.49. The number of terminal acetylenes is 1. The third-order valence-electron chi connectivity index (χ3n) is 3.82. The van der Waals surface area contributed by atoms with Crippen molar-refractivity contribution < 1.29 is 0 Å². The molecule has 4 rings (SSSR count). The van der Waals surface area contributed by atoms with Gasteiger partial charge in [0.1, 0.15) is 6.04 Å². The summed E-state index contributed by atoms with van der Waals surface area (Å²) >= 11 is 1.69. The van der Waals surface area contributed by atoms with Crippen molar-refractivity contribution in [3.8, 4) is 23.5 Å². The third kappa shape index (κ3) is 4.10. The van der Waals surface area contributed by atoms with Crippen LogP contribution in [0.2, 0.25) is 0 Å². The highest BCUT2D eigenvalue weighted by Crippen LogP contribution is 2.32. The Balaban J connectivity index is 0.000000213. The zero-order valence-corrected chi connectivity index (χ0v) is 13.9. The van der Waals surface area contributed by atoms with Gasteiger partial charge in [-0.1, -0.05) is 60.5 Å². The summed E-state index contributed by atoms with van der Waals surface area (Å²) in [5.74, 6) is 2.80. The minimum Gasteiger partial charge on any atom is -0.293 e. The monoisotopic (exact) mass is 317 g/mol. The molecule has 2 atom stereocenters. The minimum absolute atomic E-state index is 0.00907. The molecule has 2 aliphatic rings. The molecule has 2 heteroatoms. The first kappa shape index (κ1) is 15.6. The van der Waals surface area contributed by atoms with E-state index in [0.29, 0.717) is 0 Å². The predicted octanol–water partition coefficient (Wildman–Crippen LogP) is 5.44. The number of fused-ring (bicyclic) bond motifs is 1. The van der Waals surface area contributed by atoms with E-state index in [1.54, 1.807) is 11.3 Å². The van der Waals surface area contributed by atoms with Gasteiger partial charge in [0.15, 0.2) is 0 Å². The van der Waals surface area contributed by atoms with Crippen molar-refractivity contribution in [2.75, 3.05) is 0 Å². The highest BCUT2D eigenvalue weighted by Gasteiger charge is 2.13. The van der Waals surface area contributed by atoms with Crippen LogP contribution in [-0.2, 0) is 0 Å². The second-order valence-corrected chi connectivity index (χ2v) is 6.47. The molecule has 1 aromatic carbocycles. The maximum atomic E-state index is 5.58. The summed E-state index contributed by atoms with van der Waals surface area (Å²) in [6.45, 7) is 2.13. The third-order valence-corrected chi connectivity index (χ3v) is 4.76. The van der Waals surface area contributed by atoms with E-state index in [1.807, 2.05) is 24.3 Å². The summed E-state index contributed by atoms with van der Waals surface area (Å²) in [6.07, 6.45) is 5.58. The van der Waals surface area contributed by atoms with Crippen molar-refractivity contribution in [1.82, 2.24) is 5.32 Å². The van der Waals surface area contributed by atoms with Crippen molar-refractivity contribution in [2.24, 2.45) is 0 Å². The van der Waals surface area contributed by atoms with Crippen molar-refractivity contribution in [3.63, 3.8) is 0 Å². The summed E-state index contributed by atoms with van der Waals surface area (Å²) in [7, 11) is 0. The number of benzene rings is 2. The molecule has 0 bridgehead atoms. The molecule has 23 heavy (non-hydrogen) atoms. The van der Waals surface area contributed by atoms with Crippen LogP contribution in [0.5, 0.6) is 0 Å². The van der Waals surface area contributed by atoms with Crippen LogP contribution in [0.1, 0.15) is 29.4 Å². The average Bonchev–Trinajstić information content (AvgIpc) is 2.99. The van der Waals surface area contributed by atoms with Crippen LogP contribution >= 0.6 is 11.3 Å². The topological polar surface area (TPSA) is 12.0 Å². The van der Waals surface area contributed by atoms with E-state index in [-0.39, 0.29) is 12.1 Å². The van der Waals surface area contributed by atoms with Crippen LogP contribution in [0.15, 0.2) is 72.1 Å². The number of hydrogen-bond donors (Lipinski definition) is 1. The van der Waals surface area contributed by atoms with Crippen LogP contribution < -0.4 is 5.32 Å². The lowest BCUT2D eigenvalue weighted by Crippen LogP contribution is -2.22. The van der Waals surface area contributed by atoms with Crippen LogP contribution in [0.25, 0.3) is 11.1 Å². The predicted molar refractivity (Wildman–Crippen MR) is 99.3 cm³/mol. The number of thiophene rings is 1. The van der Waals surface area contributed by atoms with E-state index in [2.05, 4.69) is 66.0 Å². The molecular weight excluding hydrogens is 298 g/mol. The lowest BCUT2D eigenvalue weighted by molar-refractivity contribution is 0.542. The summed E-state index contributed by atoms with van der Waals surface area (Å²) in [4.78, 5) is 1.19. The van der Waals surface area contributed by atoms with E-state index >= 15 is 0 Å². The SMILES string of the molecule is C#CC(NC(C)c1ccccc1)c1cccs1.c1cc2cc-2c1. The fourth-order valence-electron chi connectivity index (χ4n) is 2.43. The Bertz CT molecular complexity index is 767. The highest BCUT2D eigenvalue weighted by atomic mass is 32.1. The molecule has 0 saturated heterocycles. The normalized spacial score (nSPS) is 13.2. The Hall–Kier alpha value is -2.34. The molecule has 2 aliphatic carbocycles. The van der Waals surface area contributed by atoms with E-state index in [0.717, 1.165) is 0 Å². The van der Waals surface area contributed by atoms with E-state index in [4.69, 9.17) is 6.42 Å². The number of nitrogens with one attached hydrogen (secondary N) is 1. The standard InChI is InChI=1S/C15H15NS.C6H4/c1-3-14(15-10-7-11-17-15)16-12(2)13-8-5-4-6-9-13;1-2-5-4-6(5)3-1/h1,4-12,14,16H,2H3;1-4H. The van der Waals surface area contributed by atoms with Gasteiger partial charge in [-0.05, 0) is 41.1 Å². The van der Waals surface area contributed by atoms with Crippen molar-refractivity contribution in [1.29, 1.82) is 0 Å². The zero-order valence-electron chi connectivity index (χ0n) is 13.1. The minimum atomic E-state index is -0.00907. The van der Waals surface area contributed by atoms with Crippen LogP contribution in [0, 0.1) is 12.3 Å². The first-order valence-electron chi connectivity index (χ1n) is 7.69. The maximum absolute atomic E-state index is 5.58. The van der Waals surface area contributed by atoms with Gasteiger partial charge in [-0.3, -0.25) is 5.32 Å². The molecule has 0 spiro atoms. The van der Waals surface area contributed by atoms with E-state index in [1.165, 1.54) is 21.6 Å². The average molecular weight is 317 g/mol. The fraction of sp³-hybridized carbons (Fsp3) is 0.143. The van der Waals surface area contributed by atoms with Crippen LogP contribution in [-0.4, -0.2) is 0 Å². The van der Waals surface area contributed by atoms with Gasteiger partial charge in [0.05, 0.1) is 0 Å². The first-order chi connectivity index (χ1) is 11.3.